The molecular weight excluding hydrogens is 244 g/mol. The molecule has 0 heterocycles. The van der Waals surface area contributed by atoms with Gasteiger partial charge in [0.1, 0.15) is 0 Å². The molecule has 0 amide bonds. The number of hydrogen-bond acceptors (Lipinski definition) is 4. The van der Waals surface area contributed by atoms with Crippen molar-refractivity contribution in [1.29, 1.82) is 0 Å². The second kappa shape index (κ2) is 5.82. The fourth-order valence-corrected chi connectivity index (χ4v) is 3.64. The van der Waals surface area contributed by atoms with Gasteiger partial charge in [-0.3, -0.25) is 4.79 Å². The Labute approximate surface area is 103 Å². The van der Waals surface area contributed by atoms with Crippen LogP contribution in [0.5, 0.6) is 0 Å². The Morgan fingerprint density at radius 3 is 2.12 bits per heavy atom. The molecule has 0 aliphatic rings. The highest BCUT2D eigenvalue weighted by Gasteiger charge is 2.36. The molecule has 0 saturated carbocycles. The molecule has 0 rings (SSSR count). The third kappa shape index (κ3) is 5.04. The normalized spacial score (nSPS) is 14.9. The van der Waals surface area contributed by atoms with Crippen LogP contribution < -0.4 is 0 Å². The summed E-state index contributed by atoms with van der Waals surface area (Å²) in [5.41, 5.74) is -0.562. The van der Waals surface area contributed by atoms with Crippen LogP contribution in [-0.2, 0) is 19.4 Å². The summed E-state index contributed by atoms with van der Waals surface area (Å²) in [6, 6.07) is 0. The van der Waals surface area contributed by atoms with Crippen molar-refractivity contribution in [2.45, 2.75) is 45.0 Å². The van der Waals surface area contributed by atoms with Gasteiger partial charge >= 0.3 is 5.97 Å². The Morgan fingerprint density at radius 2 is 1.82 bits per heavy atom. The topological polar surface area (TPSA) is 80.7 Å². The first kappa shape index (κ1) is 16.4. The molecule has 17 heavy (non-hydrogen) atoms. The highest BCUT2D eigenvalue weighted by Crippen LogP contribution is 2.19. The SMILES string of the molecule is COC(C)(C)CCS(=O)(=O)C(C(=O)O)C(C)C. The molecule has 0 fully saturated rings. The number of hydrogen-bond donors (Lipinski definition) is 1. The monoisotopic (exact) mass is 266 g/mol. The molecule has 102 valence electrons. The lowest BCUT2D eigenvalue weighted by molar-refractivity contribution is -0.137. The fraction of sp³-hybridized carbons (Fsp3) is 0.909. The van der Waals surface area contributed by atoms with Gasteiger partial charge in [0.2, 0.25) is 0 Å². The zero-order valence-electron chi connectivity index (χ0n) is 11.1. The summed E-state index contributed by atoms with van der Waals surface area (Å²) >= 11 is 0. The van der Waals surface area contributed by atoms with Crippen LogP contribution in [0.2, 0.25) is 0 Å². The molecular formula is C11H22O5S. The first-order chi connectivity index (χ1) is 7.53. The minimum absolute atomic E-state index is 0.178. The number of sulfone groups is 1. The maximum Gasteiger partial charge on any atom is 0.322 e. The molecule has 0 saturated heterocycles. The van der Waals surface area contributed by atoms with Crippen LogP contribution in [0.4, 0.5) is 0 Å². The number of aliphatic carboxylic acids is 1. The first-order valence-electron chi connectivity index (χ1n) is 5.53. The molecule has 1 unspecified atom stereocenters. The first-order valence-corrected chi connectivity index (χ1v) is 7.24. The second-order valence-corrected chi connectivity index (χ2v) is 7.33. The predicted octanol–water partition coefficient (Wildman–Crippen LogP) is 1.33. The van der Waals surface area contributed by atoms with Gasteiger partial charge < -0.3 is 9.84 Å². The van der Waals surface area contributed by atoms with Gasteiger partial charge in [0.15, 0.2) is 15.1 Å². The van der Waals surface area contributed by atoms with Crippen LogP contribution in [0.3, 0.4) is 0 Å². The number of carboxylic acid groups (broad SMARTS) is 1. The van der Waals surface area contributed by atoms with E-state index in [1.807, 2.05) is 0 Å². The highest BCUT2D eigenvalue weighted by atomic mass is 32.2. The number of rotatable bonds is 7. The Hall–Kier alpha value is -0.620. The van der Waals surface area contributed by atoms with Crippen molar-refractivity contribution in [1.82, 2.24) is 0 Å². The lowest BCUT2D eigenvalue weighted by Gasteiger charge is -2.24. The molecule has 0 radical (unpaired) electrons. The van der Waals surface area contributed by atoms with Crippen molar-refractivity contribution in [3.8, 4) is 0 Å². The van der Waals surface area contributed by atoms with Crippen LogP contribution in [0.25, 0.3) is 0 Å². The van der Waals surface area contributed by atoms with E-state index < -0.39 is 32.6 Å². The molecule has 0 spiro atoms. The van der Waals surface area contributed by atoms with Crippen LogP contribution in [0, 0.1) is 5.92 Å². The average Bonchev–Trinajstić information content (AvgIpc) is 2.13. The Balaban J connectivity index is 4.84. The molecule has 6 heteroatoms. The minimum Gasteiger partial charge on any atom is -0.480 e. The third-order valence-electron chi connectivity index (χ3n) is 2.78. The summed E-state index contributed by atoms with van der Waals surface area (Å²) in [5.74, 6) is -1.90. The van der Waals surface area contributed by atoms with Crippen LogP contribution >= 0.6 is 0 Å². The lowest BCUT2D eigenvalue weighted by Crippen LogP contribution is -2.38. The summed E-state index contributed by atoms with van der Waals surface area (Å²) in [6.07, 6.45) is 0.280. The van der Waals surface area contributed by atoms with E-state index in [2.05, 4.69) is 0 Å². The summed E-state index contributed by atoms with van der Waals surface area (Å²) < 4.78 is 29.0. The largest absolute Gasteiger partial charge is 0.480 e. The molecule has 0 aliphatic heterocycles. The van der Waals surface area contributed by atoms with E-state index in [-0.39, 0.29) is 12.2 Å². The molecule has 1 atom stereocenters. The fourth-order valence-electron chi connectivity index (χ4n) is 1.47. The Morgan fingerprint density at radius 1 is 1.35 bits per heavy atom. The van der Waals surface area contributed by atoms with Crippen molar-refractivity contribution in [3.63, 3.8) is 0 Å². The average molecular weight is 266 g/mol. The van der Waals surface area contributed by atoms with Crippen LogP contribution in [-0.4, -0.2) is 43.2 Å². The number of methoxy groups -OCH3 is 1. The Bertz CT molecular complexity index is 356. The van der Waals surface area contributed by atoms with Gasteiger partial charge in [-0.25, -0.2) is 8.42 Å². The van der Waals surface area contributed by atoms with Crippen molar-refractivity contribution in [2.24, 2.45) is 5.92 Å². The number of carboxylic acids is 1. The molecule has 1 N–H and O–H groups in total. The van der Waals surface area contributed by atoms with Crippen LogP contribution in [0.1, 0.15) is 34.1 Å². The van der Waals surface area contributed by atoms with Crippen LogP contribution in [0.15, 0.2) is 0 Å². The van der Waals surface area contributed by atoms with Crippen molar-refractivity contribution in [2.75, 3.05) is 12.9 Å². The van der Waals surface area contributed by atoms with Gasteiger partial charge in [0, 0.05) is 7.11 Å². The summed E-state index contributed by atoms with van der Waals surface area (Å²) in [5, 5.41) is 7.62. The van der Waals surface area contributed by atoms with Gasteiger partial charge in [0.05, 0.1) is 11.4 Å². The zero-order valence-corrected chi connectivity index (χ0v) is 11.9. The van der Waals surface area contributed by atoms with Gasteiger partial charge in [0.25, 0.3) is 0 Å². The summed E-state index contributed by atoms with van der Waals surface area (Å²) in [4.78, 5) is 11.0. The van der Waals surface area contributed by atoms with Gasteiger partial charge in [-0.2, -0.15) is 0 Å². The minimum atomic E-state index is -3.64. The van der Waals surface area contributed by atoms with E-state index in [1.54, 1.807) is 27.7 Å². The van der Waals surface area contributed by atoms with E-state index >= 15 is 0 Å². The van der Waals surface area contributed by atoms with Crippen molar-refractivity contribution < 1.29 is 23.1 Å². The van der Waals surface area contributed by atoms with E-state index in [0.717, 1.165) is 0 Å². The number of ether oxygens (including phenoxy) is 1. The quantitative estimate of drug-likeness (QED) is 0.751. The Kier molecular flexibility index (Phi) is 5.61. The number of carbonyl (C=O) groups is 1. The van der Waals surface area contributed by atoms with E-state index in [0.29, 0.717) is 0 Å². The molecule has 5 nitrogen and oxygen atoms in total. The molecule has 0 aromatic rings. The van der Waals surface area contributed by atoms with Crippen molar-refractivity contribution in [3.05, 3.63) is 0 Å². The highest BCUT2D eigenvalue weighted by molar-refractivity contribution is 7.92. The third-order valence-corrected chi connectivity index (χ3v) is 5.07. The van der Waals surface area contributed by atoms with Gasteiger partial charge in [-0.15, -0.1) is 0 Å². The van der Waals surface area contributed by atoms with E-state index in [4.69, 9.17) is 9.84 Å². The van der Waals surface area contributed by atoms with Gasteiger partial charge in [-0.05, 0) is 26.2 Å². The predicted molar refractivity (Wildman–Crippen MR) is 65.8 cm³/mol. The maximum atomic E-state index is 11.9. The lowest BCUT2D eigenvalue weighted by atomic mass is 10.1. The summed E-state index contributed by atoms with van der Waals surface area (Å²) in [6.45, 7) is 6.73. The molecule has 0 aromatic heterocycles. The molecule has 0 aliphatic carbocycles. The second-order valence-electron chi connectivity index (χ2n) is 5.08. The molecule has 0 aromatic carbocycles. The molecule has 0 bridgehead atoms. The van der Waals surface area contributed by atoms with Crippen molar-refractivity contribution >= 4 is 15.8 Å². The van der Waals surface area contributed by atoms with E-state index in [1.165, 1.54) is 7.11 Å². The zero-order chi connectivity index (χ0) is 13.9. The summed E-state index contributed by atoms with van der Waals surface area (Å²) in [7, 11) is -2.14. The smallest absolute Gasteiger partial charge is 0.322 e. The standard InChI is InChI=1S/C11H22O5S/c1-8(2)9(10(12)13)17(14,15)7-6-11(3,4)16-5/h8-9H,6-7H2,1-5H3,(H,12,13). The maximum absolute atomic E-state index is 11.9. The van der Waals surface area contributed by atoms with Gasteiger partial charge in [-0.1, -0.05) is 13.8 Å². The van der Waals surface area contributed by atoms with E-state index in [9.17, 15) is 13.2 Å².